The topological polar surface area (TPSA) is 173 Å². The van der Waals surface area contributed by atoms with Crippen LogP contribution in [0.1, 0.15) is 32.4 Å². The third-order valence-electron chi connectivity index (χ3n) is 9.19. The molecule has 15 nitrogen and oxygen atoms in total. The second-order valence-electron chi connectivity index (χ2n) is 12.7. The van der Waals surface area contributed by atoms with Gasteiger partial charge in [0.2, 0.25) is 5.91 Å². The van der Waals surface area contributed by atoms with Gasteiger partial charge in [-0.25, -0.2) is 26.9 Å². The van der Waals surface area contributed by atoms with E-state index in [9.17, 15) is 37.1 Å². The van der Waals surface area contributed by atoms with E-state index in [1.807, 2.05) is 0 Å². The maximum absolute atomic E-state index is 14.1. The molecule has 8 atom stereocenters. The molecule has 0 saturated carbocycles. The van der Waals surface area contributed by atoms with E-state index in [2.05, 4.69) is 20.6 Å². The van der Waals surface area contributed by atoms with Crippen LogP contribution in [0.5, 0.6) is 0 Å². The Kier molecular flexibility index (Phi) is 11.6. The zero-order valence-electron chi connectivity index (χ0n) is 29.2. The van der Waals surface area contributed by atoms with Crippen molar-refractivity contribution in [2.24, 2.45) is 0 Å². The SMILES string of the molecule is COC(=O)C[C@H]1O[C@@H](S[C@@H]2CN(C(C)=O)C[C@H](n3cc(-c4cccc(F)c4)nn3)[C@H]2O)[C@H](OC)[C@@H](n2cc(-c3cc(F)c(F)c(F)c3)nn2)[C@H]1OC(C)=O. The van der Waals surface area contributed by atoms with Crippen LogP contribution in [0.15, 0.2) is 48.8 Å². The molecular formula is C34H35F4N7O8S. The zero-order valence-corrected chi connectivity index (χ0v) is 30.0. The molecule has 2 aliphatic rings. The number of halogens is 4. The predicted octanol–water partition coefficient (Wildman–Crippen LogP) is 3.10. The lowest BCUT2D eigenvalue weighted by Gasteiger charge is -2.47. The number of aliphatic hydroxyl groups excluding tert-OH is 1. The van der Waals surface area contributed by atoms with Crippen LogP contribution < -0.4 is 0 Å². The van der Waals surface area contributed by atoms with Crippen molar-refractivity contribution in [1.82, 2.24) is 34.9 Å². The minimum atomic E-state index is -1.67. The van der Waals surface area contributed by atoms with Crippen LogP contribution >= 0.6 is 11.8 Å². The molecule has 0 spiro atoms. The largest absolute Gasteiger partial charge is 0.469 e. The molecule has 2 aliphatic heterocycles. The van der Waals surface area contributed by atoms with Gasteiger partial charge in [-0.2, -0.15) is 0 Å². The number of likely N-dealkylation sites (tertiary alicyclic amines) is 1. The summed E-state index contributed by atoms with van der Waals surface area (Å²) in [7, 11) is 2.50. The number of aromatic nitrogens is 6. The monoisotopic (exact) mass is 777 g/mol. The first-order chi connectivity index (χ1) is 25.8. The Hall–Kier alpha value is -4.92. The van der Waals surface area contributed by atoms with Crippen molar-refractivity contribution in [3.63, 3.8) is 0 Å². The van der Waals surface area contributed by atoms with E-state index in [-0.39, 0.29) is 30.3 Å². The molecule has 4 heterocycles. The molecule has 0 aliphatic carbocycles. The molecule has 54 heavy (non-hydrogen) atoms. The molecule has 1 amide bonds. The normalized spacial score (nSPS) is 25.7. The number of carbonyl (C=O) groups is 3. The van der Waals surface area contributed by atoms with Gasteiger partial charge < -0.3 is 29.0 Å². The van der Waals surface area contributed by atoms with Crippen molar-refractivity contribution in [2.75, 3.05) is 27.3 Å². The highest BCUT2D eigenvalue weighted by Crippen LogP contribution is 2.43. The van der Waals surface area contributed by atoms with Crippen molar-refractivity contribution in [1.29, 1.82) is 0 Å². The van der Waals surface area contributed by atoms with E-state index in [1.54, 1.807) is 6.07 Å². The summed E-state index contributed by atoms with van der Waals surface area (Å²) in [5.41, 5.74) is -0.480. The van der Waals surface area contributed by atoms with Gasteiger partial charge in [0, 0.05) is 45.2 Å². The molecule has 6 rings (SSSR count). The van der Waals surface area contributed by atoms with Gasteiger partial charge in [0.15, 0.2) is 23.6 Å². The Balaban J connectivity index is 1.35. The summed E-state index contributed by atoms with van der Waals surface area (Å²) in [6, 6.07) is 5.31. The van der Waals surface area contributed by atoms with Gasteiger partial charge in [0.1, 0.15) is 40.9 Å². The number of hydrogen-bond donors (Lipinski definition) is 1. The molecular weight excluding hydrogens is 742 g/mol. The highest BCUT2D eigenvalue weighted by atomic mass is 32.2. The summed E-state index contributed by atoms with van der Waals surface area (Å²) < 4.78 is 81.5. The predicted molar refractivity (Wildman–Crippen MR) is 180 cm³/mol. The first-order valence-electron chi connectivity index (χ1n) is 16.5. The lowest BCUT2D eigenvalue weighted by Crippen LogP contribution is -2.58. The van der Waals surface area contributed by atoms with Gasteiger partial charge in [-0.05, 0) is 24.3 Å². The number of ether oxygens (including phenoxy) is 4. The average molecular weight is 778 g/mol. The Morgan fingerprint density at radius 2 is 1.59 bits per heavy atom. The van der Waals surface area contributed by atoms with E-state index >= 15 is 0 Å². The number of methoxy groups -OCH3 is 2. The molecule has 2 saturated heterocycles. The van der Waals surface area contributed by atoms with E-state index in [1.165, 1.54) is 58.9 Å². The first kappa shape index (κ1) is 38.8. The van der Waals surface area contributed by atoms with Crippen LogP contribution in [0, 0.1) is 23.3 Å². The molecule has 0 unspecified atom stereocenters. The van der Waals surface area contributed by atoms with Crippen molar-refractivity contribution in [3.8, 4) is 22.5 Å². The van der Waals surface area contributed by atoms with E-state index in [0.717, 1.165) is 37.9 Å². The minimum Gasteiger partial charge on any atom is -0.469 e. The van der Waals surface area contributed by atoms with Crippen LogP contribution in [0.3, 0.4) is 0 Å². The second kappa shape index (κ2) is 16.2. The number of benzene rings is 2. The second-order valence-corrected chi connectivity index (χ2v) is 14.0. The lowest BCUT2D eigenvalue weighted by molar-refractivity contribution is -0.202. The van der Waals surface area contributed by atoms with Crippen LogP contribution in [-0.2, 0) is 33.3 Å². The number of thioether (sulfide) groups is 1. The highest BCUT2D eigenvalue weighted by Gasteiger charge is 2.52. The van der Waals surface area contributed by atoms with E-state index in [0.29, 0.717) is 11.3 Å². The highest BCUT2D eigenvalue weighted by molar-refractivity contribution is 8.00. The van der Waals surface area contributed by atoms with Crippen molar-refractivity contribution in [2.45, 2.75) is 67.5 Å². The number of esters is 2. The van der Waals surface area contributed by atoms with Gasteiger partial charge in [0.05, 0.1) is 43.3 Å². The van der Waals surface area contributed by atoms with Crippen LogP contribution in [-0.4, -0.2) is 120 Å². The molecule has 2 fully saturated rings. The molecule has 288 valence electrons. The molecule has 4 aromatic rings. The van der Waals surface area contributed by atoms with Crippen molar-refractivity contribution >= 4 is 29.6 Å². The van der Waals surface area contributed by atoms with Crippen LogP contribution in [0.2, 0.25) is 0 Å². The number of carbonyl (C=O) groups excluding carboxylic acids is 3. The van der Waals surface area contributed by atoms with Gasteiger partial charge >= 0.3 is 11.9 Å². The number of amides is 1. The standard InChI is InChI=1S/C34H35F4N7O8S/c1-16(46)43-14-25(44-12-23(39-41-44)18-6-5-7-20(35)8-18)31(49)27(15-43)54-34-33(51-4)30(32(52-17(2)47)26(53-34)11-28(48)50-3)45-13-24(40-42-45)19-9-21(36)29(38)22(37)10-19/h5-10,12-13,25-27,30-34,49H,11,14-15H2,1-4H3/t25-,26+,27+,30-,31+,32-,33+,34-/m0/s1. The molecule has 0 bridgehead atoms. The summed E-state index contributed by atoms with van der Waals surface area (Å²) in [4.78, 5) is 39.4. The van der Waals surface area contributed by atoms with Gasteiger partial charge in [0.25, 0.3) is 0 Å². The molecule has 0 radical (unpaired) electrons. The Morgan fingerprint density at radius 3 is 2.22 bits per heavy atom. The van der Waals surface area contributed by atoms with Crippen LogP contribution in [0.25, 0.3) is 22.5 Å². The lowest BCUT2D eigenvalue weighted by atomic mass is 9.94. The molecule has 2 aromatic carbocycles. The molecule has 20 heteroatoms. The Morgan fingerprint density at radius 1 is 0.926 bits per heavy atom. The number of nitrogens with zero attached hydrogens (tertiary/aromatic N) is 7. The fourth-order valence-corrected chi connectivity index (χ4v) is 8.14. The summed E-state index contributed by atoms with van der Waals surface area (Å²) >= 11 is 1.08. The third kappa shape index (κ3) is 8.10. The summed E-state index contributed by atoms with van der Waals surface area (Å²) in [6.45, 7) is 2.63. The van der Waals surface area contributed by atoms with Gasteiger partial charge in [-0.1, -0.05) is 22.6 Å². The smallest absolute Gasteiger partial charge is 0.308 e. The Labute approximate surface area is 309 Å². The quantitative estimate of drug-likeness (QED) is 0.142. The maximum atomic E-state index is 14.1. The third-order valence-corrected chi connectivity index (χ3v) is 10.6. The van der Waals surface area contributed by atoms with E-state index < -0.39 is 88.8 Å². The summed E-state index contributed by atoms with van der Waals surface area (Å²) in [5.74, 6) is -6.80. The van der Waals surface area contributed by atoms with Crippen LogP contribution in [0.4, 0.5) is 17.6 Å². The van der Waals surface area contributed by atoms with Gasteiger partial charge in [-0.15, -0.1) is 22.0 Å². The molecule has 1 N–H and O–H groups in total. The minimum absolute atomic E-state index is 0.0499. The number of rotatable bonds is 10. The maximum Gasteiger partial charge on any atom is 0.308 e. The van der Waals surface area contributed by atoms with Crippen molar-refractivity contribution < 1.29 is 56.0 Å². The fraction of sp³-hybridized carbons (Fsp3) is 0.441. The number of hydrogen-bond acceptors (Lipinski definition) is 13. The summed E-state index contributed by atoms with van der Waals surface area (Å²) in [5, 5.41) is 27.5. The molecule has 2 aromatic heterocycles. The first-order valence-corrected chi connectivity index (χ1v) is 17.5. The van der Waals surface area contributed by atoms with E-state index in [4.69, 9.17) is 18.9 Å². The number of piperidine rings is 1. The zero-order chi connectivity index (χ0) is 38.8. The summed E-state index contributed by atoms with van der Waals surface area (Å²) in [6.07, 6.45) is -2.30. The number of aliphatic hydroxyl groups is 1. The fourth-order valence-electron chi connectivity index (χ4n) is 6.56. The average Bonchev–Trinajstić information content (AvgIpc) is 3.83. The Bertz CT molecular complexity index is 2000. The van der Waals surface area contributed by atoms with Crippen molar-refractivity contribution in [3.05, 3.63) is 72.1 Å². The van der Waals surface area contributed by atoms with Gasteiger partial charge in [-0.3, -0.25) is 14.4 Å².